The third-order valence-electron chi connectivity index (χ3n) is 5.12. The predicted octanol–water partition coefficient (Wildman–Crippen LogP) is 3.66. The molecule has 1 atom stereocenters. The van der Waals surface area contributed by atoms with E-state index in [-0.39, 0.29) is 24.0 Å². The number of nitrogens with zero attached hydrogens (tertiary/aromatic N) is 1. The molecule has 3 aromatic carbocycles. The Morgan fingerprint density at radius 1 is 0.897 bits per heavy atom. The zero-order valence-corrected chi connectivity index (χ0v) is 16.2. The molecule has 0 radical (unpaired) electrons. The first-order chi connectivity index (χ1) is 14.2. The van der Waals surface area contributed by atoms with Crippen molar-refractivity contribution < 1.29 is 9.53 Å². The molecule has 0 aliphatic carbocycles. The average Bonchev–Trinajstić information content (AvgIpc) is 2.78. The molecular formula is C24H22N2O3. The minimum atomic E-state index is -0.220. The van der Waals surface area contributed by atoms with Gasteiger partial charge < -0.3 is 14.6 Å². The van der Waals surface area contributed by atoms with Gasteiger partial charge in [0.2, 0.25) is 5.91 Å². The fraction of sp³-hybridized carbons (Fsp3) is 0.167. The summed E-state index contributed by atoms with van der Waals surface area (Å²) in [5.41, 5.74) is 2.49. The molecule has 1 heterocycles. The van der Waals surface area contributed by atoms with E-state index in [4.69, 9.17) is 4.74 Å². The van der Waals surface area contributed by atoms with Crippen LogP contribution < -0.4 is 10.7 Å². The molecule has 0 bridgehead atoms. The Hall–Kier alpha value is -3.44. The van der Waals surface area contributed by atoms with Gasteiger partial charge in [-0.15, -0.1) is 0 Å². The first-order valence-electron chi connectivity index (χ1n) is 9.54. The van der Waals surface area contributed by atoms with Gasteiger partial charge in [0.15, 0.2) is 5.43 Å². The Balaban J connectivity index is 1.62. The summed E-state index contributed by atoms with van der Waals surface area (Å²) in [4.78, 5) is 25.6. The number of benzene rings is 3. The summed E-state index contributed by atoms with van der Waals surface area (Å²) in [5.74, 6) is -0.137. The number of ether oxygens (including phenoxy) is 1. The summed E-state index contributed by atoms with van der Waals surface area (Å²) in [6.07, 6.45) is -0.220. The number of carbonyl (C=O) groups is 1. The van der Waals surface area contributed by atoms with E-state index in [2.05, 4.69) is 5.32 Å². The molecule has 0 aliphatic heterocycles. The zero-order chi connectivity index (χ0) is 20.2. The van der Waals surface area contributed by atoms with Gasteiger partial charge in [-0.25, -0.2) is 0 Å². The van der Waals surface area contributed by atoms with Gasteiger partial charge in [-0.3, -0.25) is 9.59 Å². The summed E-state index contributed by atoms with van der Waals surface area (Å²) >= 11 is 0. The molecule has 4 rings (SSSR count). The maximum atomic E-state index is 12.8. The van der Waals surface area contributed by atoms with E-state index >= 15 is 0 Å². The molecule has 0 saturated carbocycles. The van der Waals surface area contributed by atoms with Gasteiger partial charge in [0, 0.05) is 24.4 Å². The number of fused-ring (bicyclic) bond motifs is 2. The highest BCUT2D eigenvalue weighted by atomic mass is 16.5. The molecule has 1 N–H and O–H groups in total. The Morgan fingerprint density at radius 3 is 2.03 bits per heavy atom. The Morgan fingerprint density at radius 2 is 1.45 bits per heavy atom. The van der Waals surface area contributed by atoms with E-state index in [0.717, 1.165) is 16.6 Å². The van der Waals surface area contributed by atoms with E-state index in [1.54, 1.807) is 19.2 Å². The second-order valence-electron chi connectivity index (χ2n) is 6.89. The number of rotatable bonds is 6. The summed E-state index contributed by atoms with van der Waals surface area (Å²) in [6.45, 7) is 0.488. The molecule has 0 saturated heterocycles. The zero-order valence-electron chi connectivity index (χ0n) is 16.2. The standard InChI is InChI=1S/C24H22N2O3/c1-29-22(17-9-3-2-4-10-17)15-25-23(27)16-26-20-13-7-5-11-18(20)24(28)19-12-6-8-14-21(19)26/h2-14,22H,15-16H2,1H3,(H,25,27). The molecule has 1 amide bonds. The fourth-order valence-electron chi connectivity index (χ4n) is 3.66. The predicted molar refractivity (Wildman–Crippen MR) is 115 cm³/mol. The number of aromatic nitrogens is 1. The third kappa shape index (κ3) is 3.77. The van der Waals surface area contributed by atoms with E-state index in [1.165, 1.54) is 0 Å². The highest BCUT2D eigenvalue weighted by Gasteiger charge is 2.15. The van der Waals surface area contributed by atoms with Crippen LogP contribution in [0.25, 0.3) is 21.8 Å². The van der Waals surface area contributed by atoms with Crippen molar-refractivity contribution in [2.24, 2.45) is 0 Å². The summed E-state index contributed by atoms with van der Waals surface area (Å²) in [6, 6.07) is 24.6. The van der Waals surface area contributed by atoms with Crippen molar-refractivity contribution >= 4 is 27.7 Å². The van der Waals surface area contributed by atoms with E-state index in [1.807, 2.05) is 71.3 Å². The van der Waals surface area contributed by atoms with Gasteiger partial charge in [-0.1, -0.05) is 54.6 Å². The van der Waals surface area contributed by atoms with E-state index in [9.17, 15) is 9.59 Å². The number of para-hydroxylation sites is 2. The van der Waals surface area contributed by atoms with Gasteiger partial charge in [0.1, 0.15) is 6.54 Å². The van der Waals surface area contributed by atoms with Crippen molar-refractivity contribution in [3.8, 4) is 0 Å². The van der Waals surface area contributed by atoms with Crippen LogP contribution in [-0.2, 0) is 16.1 Å². The molecule has 0 aliphatic rings. The topological polar surface area (TPSA) is 60.3 Å². The molecule has 5 heteroatoms. The molecule has 29 heavy (non-hydrogen) atoms. The molecule has 0 fully saturated rings. The monoisotopic (exact) mass is 386 g/mol. The number of hydrogen-bond donors (Lipinski definition) is 1. The smallest absolute Gasteiger partial charge is 0.240 e. The van der Waals surface area contributed by atoms with Crippen LogP contribution in [0.1, 0.15) is 11.7 Å². The maximum absolute atomic E-state index is 12.8. The van der Waals surface area contributed by atoms with Crippen molar-refractivity contribution in [2.45, 2.75) is 12.6 Å². The van der Waals surface area contributed by atoms with Crippen LogP contribution in [0.5, 0.6) is 0 Å². The molecule has 4 aromatic rings. The first kappa shape index (κ1) is 18.9. The molecule has 1 aromatic heterocycles. The van der Waals surface area contributed by atoms with Crippen molar-refractivity contribution in [2.75, 3.05) is 13.7 Å². The molecule has 1 unspecified atom stereocenters. The molecular weight excluding hydrogens is 364 g/mol. The van der Waals surface area contributed by atoms with Gasteiger partial charge in [-0.2, -0.15) is 0 Å². The quantitative estimate of drug-likeness (QED) is 0.515. The van der Waals surface area contributed by atoms with Crippen molar-refractivity contribution in [3.05, 3.63) is 94.6 Å². The van der Waals surface area contributed by atoms with Crippen LogP contribution in [0.15, 0.2) is 83.7 Å². The van der Waals surface area contributed by atoms with Gasteiger partial charge in [0.25, 0.3) is 0 Å². The largest absolute Gasteiger partial charge is 0.375 e. The second-order valence-corrected chi connectivity index (χ2v) is 6.89. The maximum Gasteiger partial charge on any atom is 0.240 e. The molecule has 0 spiro atoms. The Labute approximate surface area is 168 Å². The van der Waals surface area contributed by atoms with Gasteiger partial charge >= 0.3 is 0 Å². The van der Waals surface area contributed by atoms with Gasteiger partial charge in [-0.05, 0) is 29.8 Å². The minimum absolute atomic E-state index is 0.0172. The lowest BCUT2D eigenvalue weighted by Crippen LogP contribution is -2.32. The number of amides is 1. The average molecular weight is 386 g/mol. The third-order valence-corrected chi connectivity index (χ3v) is 5.12. The van der Waals surface area contributed by atoms with E-state index < -0.39 is 0 Å². The number of carbonyl (C=O) groups excluding carboxylic acids is 1. The summed E-state index contributed by atoms with van der Waals surface area (Å²) in [7, 11) is 1.63. The van der Waals surface area contributed by atoms with Crippen LogP contribution in [0.4, 0.5) is 0 Å². The number of pyridine rings is 1. The van der Waals surface area contributed by atoms with Crippen LogP contribution in [0, 0.1) is 0 Å². The Bertz CT molecular complexity index is 1160. The number of nitrogens with one attached hydrogen (secondary N) is 1. The minimum Gasteiger partial charge on any atom is -0.375 e. The van der Waals surface area contributed by atoms with Crippen LogP contribution in [-0.4, -0.2) is 24.1 Å². The van der Waals surface area contributed by atoms with E-state index in [0.29, 0.717) is 17.3 Å². The van der Waals surface area contributed by atoms with Gasteiger partial charge in [0.05, 0.1) is 17.1 Å². The second kappa shape index (κ2) is 8.29. The highest BCUT2D eigenvalue weighted by Crippen LogP contribution is 2.19. The molecule has 5 nitrogen and oxygen atoms in total. The normalized spacial score (nSPS) is 12.2. The molecule has 146 valence electrons. The number of hydrogen-bond acceptors (Lipinski definition) is 3. The first-order valence-corrected chi connectivity index (χ1v) is 9.54. The lowest BCUT2D eigenvalue weighted by molar-refractivity contribution is -0.122. The lowest BCUT2D eigenvalue weighted by atomic mass is 10.1. The Kier molecular flexibility index (Phi) is 5.40. The SMILES string of the molecule is COC(CNC(=O)Cn1c2ccccc2c(=O)c2ccccc21)c1ccccc1. The highest BCUT2D eigenvalue weighted by molar-refractivity contribution is 5.94. The summed E-state index contributed by atoms with van der Waals surface area (Å²) < 4.78 is 7.42. The van der Waals surface area contributed by atoms with Crippen molar-refractivity contribution in [1.29, 1.82) is 0 Å². The van der Waals surface area contributed by atoms with Crippen LogP contribution in [0.3, 0.4) is 0 Å². The lowest BCUT2D eigenvalue weighted by Gasteiger charge is -2.18. The number of methoxy groups -OCH3 is 1. The fourth-order valence-corrected chi connectivity index (χ4v) is 3.66. The van der Waals surface area contributed by atoms with Crippen molar-refractivity contribution in [3.63, 3.8) is 0 Å². The van der Waals surface area contributed by atoms with Crippen LogP contribution >= 0.6 is 0 Å². The van der Waals surface area contributed by atoms with Crippen LogP contribution in [0.2, 0.25) is 0 Å². The summed E-state index contributed by atoms with van der Waals surface area (Å²) in [5, 5.41) is 4.18. The van der Waals surface area contributed by atoms with Crippen molar-refractivity contribution in [1.82, 2.24) is 9.88 Å².